The van der Waals surface area contributed by atoms with E-state index in [0.717, 1.165) is 12.5 Å². The van der Waals surface area contributed by atoms with Crippen molar-refractivity contribution in [3.63, 3.8) is 0 Å². The molecule has 1 atom stereocenters. The molecule has 20 heavy (non-hydrogen) atoms. The second-order valence-electron chi connectivity index (χ2n) is 5.88. The van der Waals surface area contributed by atoms with Crippen LogP contribution in [0.4, 0.5) is 5.69 Å². The van der Waals surface area contributed by atoms with Crippen LogP contribution in [0.15, 0.2) is 22.7 Å². The predicted octanol–water partition coefficient (Wildman–Crippen LogP) is 4.58. The van der Waals surface area contributed by atoms with Crippen molar-refractivity contribution >= 4 is 21.6 Å². The van der Waals surface area contributed by atoms with Gasteiger partial charge in [-0.25, -0.2) is 0 Å². The van der Waals surface area contributed by atoms with Crippen LogP contribution >= 0.6 is 15.9 Å². The third-order valence-electron chi connectivity index (χ3n) is 4.30. The van der Waals surface area contributed by atoms with Crippen molar-refractivity contribution in [1.82, 2.24) is 5.32 Å². The monoisotopic (exact) mass is 338 g/mol. The Morgan fingerprint density at radius 1 is 1.30 bits per heavy atom. The summed E-state index contributed by atoms with van der Waals surface area (Å²) < 4.78 is 1.18. The normalized spacial score (nSPS) is 19.9. The number of hydrogen-bond donors (Lipinski definition) is 1. The molecule has 0 saturated carbocycles. The highest BCUT2D eigenvalue weighted by Gasteiger charge is 2.18. The van der Waals surface area contributed by atoms with Crippen LogP contribution < -0.4 is 10.2 Å². The molecule has 1 N–H and O–H groups in total. The van der Waals surface area contributed by atoms with E-state index >= 15 is 0 Å². The van der Waals surface area contributed by atoms with Gasteiger partial charge in [-0.15, -0.1) is 0 Å². The molecule has 0 bridgehead atoms. The predicted molar refractivity (Wildman–Crippen MR) is 91.4 cm³/mol. The third-order valence-corrected chi connectivity index (χ3v) is 4.79. The van der Waals surface area contributed by atoms with Gasteiger partial charge < -0.3 is 10.2 Å². The van der Waals surface area contributed by atoms with Crippen LogP contribution in [0, 0.1) is 5.92 Å². The minimum absolute atomic E-state index is 0.935. The van der Waals surface area contributed by atoms with Crippen LogP contribution in [-0.4, -0.2) is 20.1 Å². The molecule has 2 rings (SSSR count). The Bertz CT molecular complexity index is 419. The zero-order valence-electron chi connectivity index (χ0n) is 12.8. The van der Waals surface area contributed by atoms with E-state index in [1.807, 2.05) is 7.05 Å². The first-order valence-corrected chi connectivity index (χ1v) is 8.72. The number of nitrogens with zero attached hydrogens (tertiary/aromatic N) is 1. The molecule has 1 aromatic rings. The van der Waals surface area contributed by atoms with Gasteiger partial charge in [0.25, 0.3) is 0 Å². The maximum atomic E-state index is 3.62. The highest BCUT2D eigenvalue weighted by atomic mass is 79.9. The summed E-state index contributed by atoms with van der Waals surface area (Å²) in [5.41, 5.74) is 2.82. The molecule has 1 aliphatic rings. The average molecular weight is 339 g/mol. The largest absolute Gasteiger partial charge is 0.371 e. The van der Waals surface area contributed by atoms with Crippen molar-refractivity contribution in [3.05, 3.63) is 28.2 Å². The van der Waals surface area contributed by atoms with Gasteiger partial charge in [0.2, 0.25) is 0 Å². The first kappa shape index (κ1) is 15.8. The molecule has 1 saturated heterocycles. The molecule has 1 heterocycles. The Morgan fingerprint density at radius 3 is 2.90 bits per heavy atom. The Hall–Kier alpha value is -0.540. The smallest absolute Gasteiger partial charge is 0.0423 e. The highest BCUT2D eigenvalue weighted by Crippen LogP contribution is 2.29. The van der Waals surface area contributed by atoms with Crippen molar-refractivity contribution in [2.75, 3.05) is 25.0 Å². The summed E-state index contributed by atoms with van der Waals surface area (Å²) in [6, 6.07) is 6.67. The first-order chi connectivity index (χ1) is 9.74. The second-order valence-corrected chi connectivity index (χ2v) is 6.79. The molecule has 0 spiro atoms. The minimum Gasteiger partial charge on any atom is -0.371 e. The molecule has 2 nitrogen and oxygen atoms in total. The maximum absolute atomic E-state index is 3.62. The molecule has 0 aliphatic carbocycles. The summed E-state index contributed by atoms with van der Waals surface area (Å²) in [5, 5.41) is 3.29. The minimum atomic E-state index is 0.935. The van der Waals surface area contributed by atoms with Gasteiger partial charge in [0, 0.05) is 29.8 Å². The molecule has 0 aromatic heterocycles. The SMILES string of the molecule is CCCC1CCCN(c2cc(Br)ccc2CNC)CC1. The fourth-order valence-corrected chi connectivity index (χ4v) is 3.62. The van der Waals surface area contributed by atoms with Gasteiger partial charge in [-0.3, -0.25) is 0 Å². The van der Waals surface area contributed by atoms with Crippen molar-refractivity contribution in [2.24, 2.45) is 5.92 Å². The molecule has 0 radical (unpaired) electrons. The molecule has 112 valence electrons. The highest BCUT2D eigenvalue weighted by molar-refractivity contribution is 9.10. The van der Waals surface area contributed by atoms with Gasteiger partial charge in [0.15, 0.2) is 0 Å². The van der Waals surface area contributed by atoms with Crippen LogP contribution in [0.25, 0.3) is 0 Å². The molecule has 1 aliphatic heterocycles. The van der Waals surface area contributed by atoms with Crippen LogP contribution in [0.3, 0.4) is 0 Å². The van der Waals surface area contributed by atoms with Crippen molar-refractivity contribution in [3.8, 4) is 0 Å². The van der Waals surface area contributed by atoms with E-state index in [1.165, 1.54) is 60.9 Å². The number of anilines is 1. The fraction of sp³-hybridized carbons (Fsp3) is 0.647. The molecule has 1 unspecified atom stereocenters. The molecular formula is C17H27BrN2. The number of rotatable bonds is 5. The van der Waals surface area contributed by atoms with Gasteiger partial charge in [-0.05, 0) is 49.9 Å². The van der Waals surface area contributed by atoms with E-state index in [9.17, 15) is 0 Å². The number of hydrogen-bond acceptors (Lipinski definition) is 2. The first-order valence-electron chi connectivity index (χ1n) is 7.92. The summed E-state index contributed by atoms with van der Waals surface area (Å²) in [6.07, 6.45) is 6.80. The summed E-state index contributed by atoms with van der Waals surface area (Å²) >= 11 is 3.62. The zero-order valence-corrected chi connectivity index (χ0v) is 14.4. The van der Waals surface area contributed by atoms with Crippen molar-refractivity contribution in [2.45, 2.75) is 45.6 Å². The van der Waals surface area contributed by atoms with Gasteiger partial charge in [0.1, 0.15) is 0 Å². The molecule has 3 heteroatoms. The lowest BCUT2D eigenvalue weighted by atomic mass is 9.96. The van der Waals surface area contributed by atoms with E-state index < -0.39 is 0 Å². The van der Waals surface area contributed by atoms with Gasteiger partial charge in [-0.2, -0.15) is 0 Å². The summed E-state index contributed by atoms with van der Waals surface area (Å²) in [7, 11) is 2.02. The topological polar surface area (TPSA) is 15.3 Å². The number of nitrogens with one attached hydrogen (secondary N) is 1. The Labute approximate surface area is 132 Å². The molecule has 1 aromatic carbocycles. The van der Waals surface area contributed by atoms with E-state index in [-0.39, 0.29) is 0 Å². The van der Waals surface area contributed by atoms with Crippen LogP contribution in [0.1, 0.15) is 44.6 Å². The molecule has 0 amide bonds. The zero-order chi connectivity index (χ0) is 14.4. The van der Waals surface area contributed by atoms with Gasteiger partial charge in [-0.1, -0.05) is 41.8 Å². The quantitative estimate of drug-likeness (QED) is 0.845. The standard InChI is InChI=1S/C17H27BrN2/c1-3-5-14-6-4-10-20(11-9-14)17-12-16(18)8-7-15(17)13-19-2/h7-8,12,14,19H,3-6,9-11,13H2,1-2H3. The Kier molecular flexibility index (Phi) is 6.37. The summed E-state index contributed by atoms with van der Waals surface area (Å²) in [5.74, 6) is 0.935. The van der Waals surface area contributed by atoms with E-state index in [1.54, 1.807) is 0 Å². The number of benzene rings is 1. The van der Waals surface area contributed by atoms with Gasteiger partial charge >= 0.3 is 0 Å². The molecular weight excluding hydrogens is 312 g/mol. The number of halogens is 1. The van der Waals surface area contributed by atoms with Crippen molar-refractivity contribution in [1.29, 1.82) is 0 Å². The van der Waals surface area contributed by atoms with Gasteiger partial charge in [0.05, 0.1) is 0 Å². The second kappa shape index (κ2) is 8.04. The molecule has 1 fully saturated rings. The van der Waals surface area contributed by atoms with E-state index in [2.05, 4.69) is 51.3 Å². The lowest BCUT2D eigenvalue weighted by Gasteiger charge is -2.26. The lowest BCUT2D eigenvalue weighted by molar-refractivity contribution is 0.435. The summed E-state index contributed by atoms with van der Waals surface area (Å²) in [4.78, 5) is 2.59. The lowest BCUT2D eigenvalue weighted by Crippen LogP contribution is -2.26. The van der Waals surface area contributed by atoms with E-state index in [0.29, 0.717) is 0 Å². The Balaban J connectivity index is 2.12. The van der Waals surface area contributed by atoms with Crippen LogP contribution in [0.5, 0.6) is 0 Å². The fourth-order valence-electron chi connectivity index (χ4n) is 3.27. The maximum Gasteiger partial charge on any atom is 0.0423 e. The average Bonchev–Trinajstić information content (AvgIpc) is 2.67. The van der Waals surface area contributed by atoms with Crippen LogP contribution in [0.2, 0.25) is 0 Å². The van der Waals surface area contributed by atoms with Crippen molar-refractivity contribution < 1.29 is 0 Å². The van der Waals surface area contributed by atoms with Crippen LogP contribution in [-0.2, 0) is 6.54 Å². The Morgan fingerprint density at radius 2 is 2.15 bits per heavy atom. The summed E-state index contributed by atoms with van der Waals surface area (Å²) in [6.45, 7) is 5.66. The van der Waals surface area contributed by atoms with E-state index in [4.69, 9.17) is 0 Å². The third kappa shape index (κ3) is 4.23.